The molecule has 1 heterocycles. The van der Waals surface area contributed by atoms with Crippen molar-refractivity contribution >= 4 is 5.84 Å². The summed E-state index contributed by atoms with van der Waals surface area (Å²) < 4.78 is 0. The quantitative estimate of drug-likeness (QED) is 0.503. The van der Waals surface area contributed by atoms with Crippen LogP contribution in [-0.4, -0.2) is 18.9 Å². The molecule has 0 spiro atoms. The normalized spacial score (nSPS) is 16.4. The monoisotopic (exact) mass is 239 g/mol. The van der Waals surface area contributed by atoms with Gasteiger partial charge in [0, 0.05) is 19.5 Å². The molecule has 0 bridgehead atoms. The van der Waals surface area contributed by atoms with E-state index in [-0.39, 0.29) is 0 Å². The van der Waals surface area contributed by atoms with Crippen molar-refractivity contribution in [1.29, 1.82) is 0 Å². The van der Waals surface area contributed by atoms with Crippen LogP contribution >= 0.6 is 0 Å². The molecule has 0 saturated heterocycles. The minimum absolute atomic E-state index is 1.00. The number of unbranched alkanes of at least 4 members (excludes halogenated alkanes) is 5. The molecule has 0 aromatic rings. The van der Waals surface area contributed by atoms with E-state index in [0.29, 0.717) is 0 Å². The maximum absolute atomic E-state index is 4.52. The molecule has 1 aliphatic rings. The lowest BCUT2D eigenvalue weighted by atomic mass is 10.1. The highest BCUT2D eigenvalue weighted by Gasteiger charge is 2.02. The number of hydrogen-bond donors (Lipinski definition) is 2. The molecule has 0 radical (unpaired) electrons. The van der Waals surface area contributed by atoms with Crippen molar-refractivity contribution in [3.63, 3.8) is 0 Å². The van der Waals surface area contributed by atoms with Crippen LogP contribution in [0.4, 0.5) is 0 Å². The molecule has 0 unspecified atom stereocenters. The molecule has 0 aromatic carbocycles. The number of nitrogens with one attached hydrogen (secondary N) is 2. The van der Waals surface area contributed by atoms with E-state index in [9.17, 15) is 0 Å². The van der Waals surface area contributed by atoms with E-state index in [4.69, 9.17) is 0 Å². The molecule has 0 amide bonds. The number of amidine groups is 1. The lowest BCUT2D eigenvalue weighted by Gasteiger charge is -2.09. The summed E-state index contributed by atoms with van der Waals surface area (Å²) in [5, 5.41) is 0. The molecule has 3 heteroatoms. The highest BCUT2D eigenvalue weighted by atomic mass is 15.4. The first-order valence-corrected chi connectivity index (χ1v) is 7.45. The molecule has 100 valence electrons. The predicted molar refractivity (Wildman–Crippen MR) is 75.3 cm³/mol. The predicted octanol–water partition coefficient (Wildman–Crippen LogP) is 3.41. The molecule has 3 nitrogen and oxygen atoms in total. The first-order valence-electron chi connectivity index (χ1n) is 7.45. The number of aliphatic imine (C=N–C) groups is 1. The van der Waals surface area contributed by atoms with E-state index in [1.807, 2.05) is 0 Å². The summed E-state index contributed by atoms with van der Waals surface area (Å²) >= 11 is 0. The Hall–Kier alpha value is -0.570. The van der Waals surface area contributed by atoms with Gasteiger partial charge in [-0.2, -0.15) is 0 Å². The largest absolute Gasteiger partial charge is 0.310 e. The van der Waals surface area contributed by atoms with Gasteiger partial charge in [-0.1, -0.05) is 45.4 Å². The van der Waals surface area contributed by atoms with Crippen molar-refractivity contribution in [1.82, 2.24) is 10.9 Å². The van der Waals surface area contributed by atoms with Gasteiger partial charge in [0.05, 0.1) is 0 Å². The van der Waals surface area contributed by atoms with E-state index in [1.54, 1.807) is 0 Å². The van der Waals surface area contributed by atoms with Crippen LogP contribution in [0.15, 0.2) is 4.99 Å². The topological polar surface area (TPSA) is 36.4 Å². The lowest BCUT2D eigenvalue weighted by Crippen LogP contribution is -2.37. The molecular formula is C14H29N3. The fourth-order valence-corrected chi connectivity index (χ4v) is 2.13. The highest BCUT2D eigenvalue weighted by molar-refractivity contribution is 5.81. The number of hydrogen-bond acceptors (Lipinski definition) is 3. The molecule has 0 saturated carbocycles. The molecule has 17 heavy (non-hydrogen) atoms. The van der Waals surface area contributed by atoms with Crippen LogP contribution in [0, 0.1) is 0 Å². The molecule has 0 atom stereocenters. The van der Waals surface area contributed by atoms with Crippen molar-refractivity contribution in [2.75, 3.05) is 13.1 Å². The van der Waals surface area contributed by atoms with Crippen LogP contribution in [-0.2, 0) is 0 Å². The number of rotatable bonds is 8. The van der Waals surface area contributed by atoms with E-state index in [2.05, 4.69) is 22.8 Å². The molecule has 0 aromatic heterocycles. The second-order valence-electron chi connectivity index (χ2n) is 4.96. The zero-order chi connectivity index (χ0) is 12.2. The fourth-order valence-electron chi connectivity index (χ4n) is 2.13. The average Bonchev–Trinajstić information content (AvgIpc) is 2.61. The van der Waals surface area contributed by atoms with Gasteiger partial charge in [-0.15, -0.1) is 0 Å². The van der Waals surface area contributed by atoms with Gasteiger partial charge in [0.1, 0.15) is 5.84 Å². The Bertz CT molecular complexity index is 202. The summed E-state index contributed by atoms with van der Waals surface area (Å²) in [6.45, 7) is 4.32. The third-order valence-corrected chi connectivity index (χ3v) is 3.26. The first kappa shape index (κ1) is 14.5. The summed E-state index contributed by atoms with van der Waals surface area (Å²) in [4.78, 5) is 4.52. The first-order chi connectivity index (χ1) is 8.43. The zero-order valence-corrected chi connectivity index (χ0v) is 11.4. The van der Waals surface area contributed by atoms with Gasteiger partial charge in [0.15, 0.2) is 0 Å². The SMILES string of the molecule is CCCCCCCCNNC1=NCCCCC1. The van der Waals surface area contributed by atoms with Crippen LogP contribution in [0.5, 0.6) is 0 Å². The fraction of sp³-hybridized carbons (Fsp3) is 0.929. The van der Waals surface area contributed by atoms with Crippen molar-refractivity contribution in [3.8, 4) is 0 Å². The number of hydrazine groups is 1. The smallest absolute Gasteiger partial charge is 0.110 e. The second kappa shape index (κ2) is 10.6. The summed E-state index contributed by atoms with van der Waals surface area (Å²) in [6.07, 6.45) is 13.1. The average molecular weight is 239 g/mol. The van der Waals surface area contributed by atoms with E-state index >= 15 is 0 Å². The Morgan fingerprint density at radius 1 is 1.00 bits per heavy atom. The van der Waals surface area contributed by atoms with Crippen LogP contribution in [0.3, 0.4) is 0 Å². The summed E-state index contributed by atoms with van der Waals surface area (Å²) in [5.41, 5.74) is 6.56. The Morgan fingerprint density at radius 3 is 2.71 bits per heavy atom. The van der Waals surface area contributed by atoms with Crippen molar-refractivity contribution in [2.45, 2.75) is 71.1 Å². The van der Waals surface area contributed by atoms with Gasteiger partial charge in [-0.25, -0.2) is 5.43 Å². The van der Waals surface area contributed by atoms with Crippen LogP contribution in [0.25, 0.3) is 0 Å². The Morgan fingerprint density at radius 2 is 1.82 bits per heavy atom. The van der Waals surface area contributed by atoms with Gasteiger partial charge < -0.3 is 5.43 Å². The van der Waals surface area contributed by atoms with Crippen molar-refractivity contribution in [2.24, 2.45) is 4.99 Å². The van der Waals surface area contributed by atoms with Crippen LogP contribution in [0.1, 0.15) is 71.1 Å². The Kier molecular flexibility index (Phi) is 9.01. The maximum Gasteiger partial charge on any atom is 0.110 e. The van der Waals surface area contributed by atoms with E-state index in [1.165, 1.54) is 57.8 Å². The molecule has 1 rings (SSSR count). The van der Waals surface area contributed by atoms with E-state index < -0.39 is 0 Å². The van der Waals surface area contributed by atoms with Gasteiger partial charge in [0.25, 0.3) is 0 Å². The van der Waals surface area contributed by atoms with Crippen LogP contribution < -0.4 is 10.9 Å². The number of nitrogens with zero attached hydrogens (tertiary/aromatic N) is 1. The van der Waals surface area contributed by atoms with Gasteiger partial charge in [-0.05, 0) is 19.3 Å². The van der Waals surface area contributed by atoms with Crippen molar-refractivity contribution in [3.05, 3.63) is 0 Å². The molecular weight excluding hydrogens is 210 g/mol. The summed E-state index contributed by atoms with van der Waals surface area (Å²) in [7, 11) is 0. The van der Waals surface area contributed by atoms with Gasteiger partial charge >= 0.3 is 0 Å². The maximum atomic E-state index is 4.52. The molecule has 0 fully saturated rings. The standard InChI is InChI=1S/C14H29N3/c1-2-3-4-5-6-10-13-16-17-14-11-8-7-9-12-15-14/h16H,2-13H2,1H3,(H,15,17). The molecule has 2 N–H and O–H groups in total. The highest BCUT2D eigenvalue weighted by Crippen LogP contribution is 2.06. The van der Waals surface area contributed by atoms with E-state index in [0.717, 1.165) is 25.3 Å². The summed E-state index contributed by atoms with van der Waals surface area (Å²) in [6, 6.07) is 0. The molecule has 0 aliphatic carbocycles. The Labute approximate surface area is 106 Å². The summed E-state index contributed by atoms with van der Waals surface area (Å²) in [5.74, 6) is 1.16. The lowest BCUT2D eigenvalue weighted by molar-refractivity contribution is 0.556. The van der Waals surface area contributed by atoms with Gasteiger partial charge in [0.2, 0.25) is 0 Å². The van der Waals surface area contributed by atoms with Crippen LogP contribution in [0.2, 0.25) is 0 Å². The third-order valence-electron chi connectivity index (χ3n) is 3.26. The molecule has 1 aliphatic heterocycles. The third kappa shape index (κ3) is 8.19. The minimum atomic E-state index is 1.00. The van der Waals surface area contributed by atoms with Crippen molar-refractivity contribution < 1.29 is 0 Å². The minimum Gasteiger partial charge on any atom is -0.310 e. The Balaban J connectivity index is 1.88. The van der Waals surface area contributed by atoms with Gasteiger partial charge in [-0.3, -0.25) is 4.99 Å². The second-order valence-corrected chi connectivity index (χ2v) is 4.96. The zero-order valence-electron chi connectivity index (χ0n) is 11.4.